The summed E-state index contributed by atoms with van der Waals surface area (Å²) in [5.41, 5.74) is 0.827. The van der Waals surface area contributed by atoms with Crippen LogP contribution in [0.15, 0.2) is 42.5 Å². The lowest BCUT2D eigenvalue weighted by Gasteiger charge is -2.17. The molecule has 6 heteroatoms. The van der Waals surface area contributed by atoms with Crippen LogP contribution in [0.25, 0.3) is 0 Å². The van der Waals surface area contributed by atoms with E-state index in [4.69, 9.17) is 0 Å². The molecule has 0 aromatic carbocycles. The second-order valence-corrected chi connectivity index (χ2v) is 5.73. The van der Waals surface area contributed by atoms with Gasteiger partial charge in [-0.25, -0.2) is 8.42 Å². The maximum absolute atomic E-state index is 12.3. The van der Waals surface area contributed by atoms with Crippen molar-refractivity contribution in [3.63, 3.8) is 0 Å². The van der Waals surface area contributed by atoms with E-state index in [0.717, 1.165) is 5.69 Å². The van der Waals surface area contributed by atoms with Crippen LogP contribution in [0.1, 0.15) is 5.69 Å². The van der Waals surface area contributed by atoms with Crippen LogP contribution in [-0.4, -0.2) is 37.8 Å². The first-order valence-corrected chi connectivity index (χ1v) is 7.04. The molecular formula is C12H19N3O2S. The van der Waals surface area contributed by atoms with E-state index in [-0.39, 0.29) is 18.0 Å². The SMILES string of the molecule is C=CCN(CC=C)S(=O)(=O)c1c[nH]c(CNC)c1. The normalized spacial score (nSPS) is 11.7. The van der Waals surface area contributed by atoms with Gasteiger partial charge in [-0.2, -0.15) is 4.31 Å². The standard InChI is InChI=1S/C12H19N3O2S/c1-4-6-15(7-5-2)18(16,17)12-8-11(9-13-3)14-10-12/h4-5,8,10,13-14H,1-2,6-7,9H2,3H3. The van der Waals surface area contributed by atoms with Crippen molar-refractivity contribution in [3.8, 4) is 0 Å². The van der Waals surface area contributed by atoms with Crippen LogP contribution in [0.4, 0.5) is 0 Å². The van der Waals surface area contributed by atoms with Crippen LogP contribution in [0.5, 0.6) is 0 Å². The molecule has 0 fully saturated rings. The summed E-state index contributed by atoms with van der Waals surface area (Å²) < 4.78 is 26.0. The third kappa shape index (κ3) is 3.32. The highest BCUT2D eigenvalue weighted by atomic mass is 32.2. The minimum atomic E-state index is -3.49. The Kier molecular flexibility index (Phi) is 5.33. The number of aromatic nitrogens is 1. The summed E-state index contributed by atoms with van der Waals surface area (Å²) in [6, 6.07) is 1.63. The molecule has 0 aliphatic carbocycles. The van der Waals surface area contributed by atoms with Crippen LogP contribution in [0.2, 0.25) is 0 Å². The lowest BCUT2D eigenvalue weighted by molar-refractivity contribution is 0.474. The highest BCUT2D eigenvalue weighted by molar-refractivity contribution is 7.89. The van der Waals surface area contributed by atoms with Crippen molar-refractivity contribution in [2.45, 2.75) is 11.4 Å². The first-order valence-electron chi connectivity index (χ1n) is 5.60. The fraction of sp³-hybridized carbons (Fsp3) is 0.333. The summed E-state index contributed by atoms with van der Waals surface area (Å²) in [7, 11) is -1.69. The van der Waals surface area contributed by atoms with E-state index in [0.29, 0.717) is 6.54 Å². The molecule has 2 N–H and O–H groups in total. The van der Waals surface area contributed by atoms with Gasteiger partial charge in [0.1, 0.15) is 0 Å². The molecule has 100 valence electrons. The summed E-state index contributed by atoms with van der Waals surface area (Å²) in [5.74, 6) is 0. The van der Waals surface area contributed by atoms with Crippen molar-refractivity contribution >= 4 is 10.0 Å². The molecule has 0 bridgehead atoms. The van der Waals surface area contributed by atoms with Crippen LogP contribution < -0.4 is 5.32 Å². The van der Waals surface area contributed by atoms with Crippen LogP contribution in [0, 0.1) is 0 Å². The van der Waals surface area contributed by atoms with E-state index >= 15 is 0 Å². The quantitative estimate of drug-likeness (QED) is 0.695. The zero-order valence-electron chi connectivity index (χ0n) is 10.5. The predicted octanol–water partition coefficient (Wildman–Crippen LogP) is 1.10. The summed E-state index contributed by atoms with van der Waals surface area (Å²) in [4.78, 5) is 3.19. The van der Waals surface area contributed by atoms with Crippen molar-refractivity contribution in [2.75, 3.05) is 20.1 Å². The molecule has 0 saturated carbocycles. The van der Waals surface area contributed by atoms with Gasteiger partial charge in [0.2, 0.25) is 10.0 Å². The first-order chi connectivity index (χ1) is 8.56. The molecule has 0 amide bonds. The smallest absolute Gasteiger partial charge is 0.245 e. The fourth-order valence-corrected chi connectivity index (χ4v) is 2.97. The molecule has 0 aliphatic rings. The average molecular weight is 269 g/mol. The number of rotatable bonds is 8. The number of sulfonamides is 1. The van der Waals surface area contributed by atoms with Gasteiger partial charge in [0, 0.05) is 31.5 Å². The molecule has 1 heterocycles. The van der Waals surface area contributed by atoms with E-state index in [1.807, 2.05) is 0 Å². The van der Waals surface area contributed by atoms with Crippen molar-refractivity contribution in [1.82, 2.24) is 14.6 Å². The molecule has 0 aliphatic heterocycles. The molecule has 0 radical (unpaired) electrons. The zero-order valence-corrected chi connectivity index (χ0v) is 11.3. The van der Waals surface area contributed by atoms with E-state index < -0.39 is 10.0 Å². The second-order valence-electron chi connectivity index (χ2n) is 3.79. The van der Waals surface area contributed by atoms with Crippen LogP contribution in [0.3, 0.4) is 0 Å². The van der Waals surface area contributed by atoms with Gasteiger partial charge in [0.15, 0.2) is 0 Å². The van der Waals surface area contributed by atoms with Gasteiger partial charge in [-0.3, -0.25) is 0 Å². The summed E-state index contributed by atoms with van der Waals surface area (Å²) in [6.07, 6.45) is 4.62. The number of hydrogen-bond donors (Lipinski definition) is 2. The molecule has 0 atom stereocenters. The number of aromatic amines is 1. The Morgan fingerprint density at radius 2 is 2.00 bits per heavy atom. The van der Waals surface area contributed by atoms with Crippen molar-refractivity contribution in [2.24, 2.45) is 0 Å². The number of hydrogen-bond acceptors (Lipinski definition) is 3. The Hall–Kier alpha value is -1.37. The van der Waals surface area contributed by atoms with Gasteiger partial charge in [-0.1, -0.05) is 12.2 Å². The predicted molar refractivity (Wildman–Crippen MR) is 72.7 cm³/mol. The Bertz CT molecular complexity index is 495. The third-order valence-electron chi connectivity index (χ3n) is 2.39. The fourth-order valence-electron chi connectivity index (χ4n) is 1.57. The zero-order chi connectivity index (χ0) is 13.6. The van der Waals surface area contributed by atoms with E-state index in [9.17, 15) is 8.42 Å². The maximum Gasteiger partial charge on any atom is 0.245 e. The summed E-state index contributed by atoms with van der Waals surface area (Å²) in [6.45, 7) is 8.26. The molecule has 1 aromatic rings. The Morgan fingerprint density at radius 1 is 1.39 bits per heavy atom. The van der Waals surface area contributed by atoms with Gasteiger partial charge in [0.05, 0.1) is 4.90 Å². The van der Waals surface area contributed by atoms with Gasteiger partial charge in [0.25, 0.3) is 0 Å². The topological polar surface area (TPSA) is 65.2 Å². The number of H-pyrrole nitrogens is 1. The summed E-state index contributed by atoms with van der Waals surface area (Å²) >= 11 is 0. The monoisotopic (exact) mass is 269 g/mol. The first kappa shape index (κ1) is 14.7. The van der Waals surface area contributed by atoms with Crippen molar-refractivity contribution < 1.29 is 8.42 Å². The second kappa shape index (κ2) is 6.53. The van der Waals surface area contributed by atoms with Gasteiger partial charge in [-0.15, -0.1) is 13.2 Å². The van der Waals surface area contributed by atoms with Gasteiger partial charge in [-0.05, 0) is 13.1 Å². The molecule has 5 nitrogen and oxygen atoms in total. The van der Waals surface area contributed by atoms with E-state index in [1.165, 1.54) is 10.5 Å². The molecule has 18 heavy (non-hydrogen) atoms. The van der Waals surface area contributed by atoms with Crippen molar-refractivity contribution in [1.29, 1.82) is 0 Å². The molecular weight excluding hydrogens is 250 g/mol. The van der Waals surface area contributed by atoms with E-state index in [2.05, 4.69) is 23.5 Å². The highest BCUT2D eigenvalue weighted by Crippen LogP contribution is 2.16. The minimum absolute atomic E-state index is 0.261. The molecule has 0 spiro atoms. The largest absolute Gasteiger partial charge is 0.363 e. The van der Waals surface area contributed by atoms with Gasteiger partial charge >= 0.3 is 0 Å². The molecule has 0 saturated heterocycles. The van der Waals surface area contributed by atoms with Crippen LogP contribution >= 0.6 is 0 Å². The third-order valence-corrected chi connectivity index (χ3v) is 4.20. The van der Waals surface area contributed by atoms with Crippen molar-refractivity contribution in [3.05, 3.63) is 43.3 Å². The minimum Gasteiger partial charge on any atom is -0.363 e. The van der Waals surface area contributed by atoms with Crippen LogP contribution in [-0.2, 0) is 16.6 Å². The lowest BCUT2D eigenvalue weighted by atomic mass is 10.4. The maximum atomic E-state index is 12.3. The van der Waals surface area contributed by atoms with E-state index in [1.54, 1.807) is 25.3 Å². The molecule has 1 rings (SSSR count). The Labute approximate surface area is 108 Å². The Balaban J connectivity index is 3.01. The lowest BCUT2D eigenvalue weighted by Crippen LogP contribution is -2.31. The molecule has 0 unspecified atom stereocenters. The Morgan fingerprint density at radius 3 is 2.50 bits per heavy atom. The van der Waals surface area contributed by atoms with Gasteiger partial charge < -0.3 is 10.3 Å². The number of nitrogens with zero attached hydrogens (tertiary/aromatic N) is 1. The number of nitrogens with one attached hydrogen (secondary N) is 2. The summed E-state index contributed by atoms with van der Waals surface area (Å²) in [5, 5.41) is 2.96. The molecule has 1 aromatic heterocycles. The highest BCUT2D eigenvalue weighted by Gasteiger charge is 2.23. The average Bonchev–Trinajstić information content (AvgIpc) is 2.78.